The fourth-order valence-electron chi connectivity index (χ4n) is 3.92. The smallest absolute Gasteiger partial charge is 0.421 e. The first-order valence-corrected chi connectivity index (χ1v) is 15.5. The van der Waals surface area contributed by atoms with Gasteiger partial charge in [0.2, 0.25) is 24.1 Å². The quantitative estimate of drug-likeness (QED) is 0.0180. The lowest BCUT2D eigenvalue weighted by atomic mass is 10.1. The lowest BCUT2D eigenvalue weighted by Crippen LogP contribution is -2.58. The zero-order valence-corrected chi connectivity index (χ0v) is 25.1. The van der Waals surface area contributed by atoms with Gasteiger partial charge in [-0.25, -0.2) is 15.4 Å². The number of aliphatic carboxylic acids is 3. The molecule has 0 aromatic heterocycles. The molecule has 2 unspecified atom stereocenters. The summed E-state index contributed by atoms with van der Waals surface area (Å²) < 4.78 is 4.67. The molecular weight excluding hydrogens is 640 g/mol. The van der Waals surface area contributed by atoms with Crippen molar-refractivity contribution < 1.29 is 58.4 Å². The Balaban J connectivity index is 2.06. The number of carbonyl (C=O) groups is 8. The average Bonchev–Trinajstić information content (AvgIpc) is 3.72. The number of ether oxygens (including phenoxy) is 1. The van der Waals surface area contributed by atoms with Crippen molar-refractivity contribution >= 4 is 69.7 Å². The van der Waals surface area contributed by atoms with Crippen LogP contribution in [0.5, 0.6) is 0 Å². The van der Waals surface area contributed by atoms with Crippen LogP contribution in [0.15, 0.2) is 24.3 Å². The normalized spacial score (nSPS) is 17.8. The second kappa shape index (κ2) is 17.7. The van der Waals surface area contributed by atoms with Crippen molar-refractivity contribution in [3.63, 3.8) is 0 Å². The molecule has 246 valence electrons. The Morgan fingerprint density at radius 2 is 1.67 bits per heavy atom. The van der Waals surface area contributed by atoms with E-state index < -0.39 is 71.7 Å². The summed E-state index contributed by atoms with van der Waals surface area (Å²) in [4.78, 5) is 95.3. The van der Waals surface area contributed by atoms with E-state index in [2.05, 4.69) is 26.0 Å². The van der Waals surface area contributed by atoms with Gasteiger partial charge in [-0.2, -0.15) is 0 Å². The molecule has 2 rings (SSSR count). The van der Waals surface area contributed by atoms with Crippen molar-refractivity contribution in [2.24, 2.45) is 11.8 Å². The maximum Gasteiger partial charge on any atom is 0.421 e. The van der Waals surface area contributed by atoms with Crippen molar-refractivity contribution in [1.82, 2.24) is 26.7 Å². The molecule has 0 heterocycles. The third kappa shape index (κ3) is 11.8. The molecule has 0 spiro atoms. The van der Waals surface area contributed by atoms with Gasteiger partial charge in [0, 0.05) is 18.1 Å². The lowest BCUT2D eigenvalue weighted by molar-refractivity contribution is -0.144. The van der Waals surface area contributed by atoms with E-state index in [4.69, 9.17) is 5.84 Å². The molecule has 1 aliphatic carbocycles. The van der Waals surface area contributed by atoms with Crippen LogP contribution in [0.4, 0.5) is 4.79 Å². The Morgan fingerprint density at radius 3 is 2.22 bits per heavy atom. The first-order valence-electron chi connectivity index (χ1n) is 13.0. The van der Waals surface area contributed by atoms with Gasteiger partial charge in [0.15, 0.2) is 0 Å². The highest BCUT2D eigenvalue weighted by atomic mass is 33.1. The first kappa shape index (κ1) is 36.6. The number of carbonyl (C=O) groups excluding carboxylic acids is 5. The molecule has 10 N–H and O–H groups in total. The van der Waals surface area contributed by atoms with E-state index >= 15 is 0 Å². The van der Waals surface area contributed by atoms with Crippen molar-refractivity contribution in [1.29, 1.82) is 0 Å². The van der Waals surface area contributed by atoms with Crippen molar-refractivity contribution in [2.75, 3.05) is 18.1 Å². The molecule has 1 aromatic carbocycles. The van der Waals surface area contributed by atoms with E-state index in [-0.39, 0.29) is 37.5 Å². The van der Waals surface area contributed by atoms with E-state index in [0.29, 0.717) is 12.0 Å². The Morgan fingerprint density at radius 1 is 1.00 bits per heavy atom. The van der Waals surface area contributed by atoms with Crippen molar-refractivity contribution in [3.8, 4) is 0 Å². The van der Waals surface area contributed by atoms with Gasteiger partial charge in [-0.15, -0.1) is 0 Å². The predicted octanol–water partition coefficient (Wildman–Crippen LogP) is -2.06. The van der Waals surface area contributed by atoms with Gasteiger partial charge in [0.05, 0.1) is 18.8 Å². The minimum Gasteiger partial charge on any atom is -0.481 e. The molecule has 0 radical (unpaired) electrons. The number of hydrogen-bond acceptors (Lipinski definition) is 12. The minimum atomic E-state index is -1.98. The lowest BCUT2D eigenvalue weighted by Gasteiger charge is -2.24. The number of benzene rings is 1. The van der Waals surface area contributed by atoms with Crippen LogP contribution < -0.4 is 32.5 Å². The van der Waals surface area contributed by atoms with Crippen molar-refractivity contribution in [3.05, 3.63) is 35.4 Å². The minimum absolute atomic E-state index is 0.0421. The number of nitrogens with two attached hydrogens (primary N) is 1. The summed E-state index contributed by atoms with van der Waals surface area (Å²) >= 11 is 0. The van der Waals surface area contributed by atoms with Crippen LogP contribution >= 0.6 is 21.6 Å². The number of carboxylic acid groups (broad SMARTS) is 3. The van der Waals surface area contributed by atoms with Gasteiger partial charge in [0.25, 0.3) is 0 Å². The standard InChI is InChI=1S/C25H32N6O12S2/c26-31-24(42)43-5-6-44-45-11-17(22(39)40)28-20(36)16(8-19(34)35)29-23(41)25(9-15(25)21(37)38)30-18(33)7-13-1-3-14(4-2-13)10-27-12-32/h1-4,12,15-17H,5-11,26H2,(H,27,32)(H,28,36)(H,29,41)(H,30,33)(H,31,42)(H,34,35)(H,37,38)(H,39,40)/t15?,16-,17-,25?/m0/s1. The number of hydrazine groups is 1. The molecule has 1 aliphatic rings. The first-order chi connectivity index (χ1) is 21.3. The van der Waals surface area contributed by atoms with Crippen LogP contribution in [-0.4, -0.2) is 99.2 Å². The molecule has 1 fully saturated rings. The van der Waals surface area contributed by atoms with Gasteiger partial charge in [-0.3, -0.25) is 34.2 Å². The fraction of sp³-hybridized carbons (Fsp3) is 0.440. The zero-order chi connectivity index (χ0) is 33.6. The van der Waals surface area contributed by atoms with Gasteiger partial charge >= 0.3 is 24.0 Å². The van der Waals surface area contributed by atoms with Gasteiger partial charge in [0.1, 0.15) is 24.2 Å². The van der Waals surface area contributed by atoms with Crippen LogP contribution in [0, 0.1) is 5.92 Å². The second-order valence-corrected chi connectivity index (χ2v) is 12.1. The number of nitrogens with one attached hydrogen (secondary N) is 5. The Kier molecular flexibility index (Phi) is 14.4. The summed E-state index contributed by atoms with van der Waals surface area (Å²) in [5, 5.41) is 37.6. The number of hydrogen-bond donors (Lipinski definition) is 9. The highest BCUT2D eigenvalue weighted by molar-refractivity contribution is 8.76. The van der Waals surface area contributed by atoms with E-state index in [1.165, 1.54) is 0 Å². The summed E-state index contributed by atoms with van der Waals surface area (Å²) in [6.07, 6.45) is -1.88. The molecule has 18 nitrogen and oxygen atoms in total. The monoisotopic (exact) mass is 672 g/mol. The SMILES string of the molecule is NNC(=O)OCCSSC[C@H](NC(=O)[C@H](CC(=O)O)NC(=O)C1(NC(=O)Cc2ccc(CNC=O)cc2)CC1C(=O)O)C(=O)O. The maximum absolute atomic E-state index is 13.3. The van der Waals surface area contributed by atoms with Crippen LogP contribution in [0.2, 0.25) is 0 Å². The third-order valence-corrected chi connectivity index (χ3v) is 8.63. The molecule has 20 heteroatoms. The van der Waals surface area contributed by atoms with E-state index in [1.807, 2.05) is 0 Å². The molecular formula is C25H32N6O12S2. The molecule has 0 saturated heterocycles. The molecule has 45 heavy (non-hydrogen) atoms. The van der Waals surface area contributed by atoms with Gasteiger partial charge in [-0.1, -0.05) is 45.9 Å². The van der Waals surface area contributed by atoms with E-state index in [9.17, 15) is 53.7 Å². The van der Waals surface area contributed by atoms with E-state index in [0.717, 1.165) is 27.2 Å². The fourth-order valence-corrected chi connectivity index (χ4v) is 5.90. The Labute approximate surface area is 263 Å². The molecule has 5 amide bonds. The molecule has 1 aromatic rings. The van der Waals surface area contributed by atoms with Crippen LogP contribution in [0.1, 0.15) is 24.0 Å². The van der Waals surface area contributed by atoms with Crippen molar-refractivity contribution in [2.45, 2.75) is 43.4 Å². The van der Waals surface area contributed by atoms with E-state index in [1.54, 1.807) is 29.7 Å². The Hall–Kier alpha value is -4.56. The number of carboxylic acids is 3. The van der Waals surface area contributed by atoms with Crippen LogP contribution in [0.25, 0.3) is 0 Å². The topological polar surface area (TPSA) is 293 Å². The molecule has 0 bridgehead atoms. The largest absolute Gasteiger partial charge is 0.481 e. The number of rotatable bonds is 20. The summed E-state index contributed by atoms with van der Waals surface area (Å²) in [6.45, 7) is 0.224. The summed E-state index contributed by atoms with van der Waals surface area (Å²) in [5.74, 6) is -3.85. The third-order valence-electron chi connectivity index (χ3n) is 6.25. The molecule has 4 atom stereocenters. The summed E-state index contributed by atoms with van der Waals surface area (Å²) in [7, 11) is 2.12. The Bertz CT molecular complexity index is 1280. The molecule has 0 aliphatic heterocycles. The summed E-state index contributed by atoms with van der Waals surface area (Å²) in [6, 6.07) is 3.20. The highest BCUT2D eigenvalue weighted by Crippen LogP contribution is 2.44. The zero-order valence-electron chi connectivity index (χ0n) is 23.5. The van der Waals surface area contributed by atoms with Crippen LogP contribution in [-0.2, 0) is 51.3 Å². The van der Waals surface area contributed by atoms with Gasteiger partial charge in [-0.05, 0) is 17.5 Å². The predicted molar refractivity (Wildman–Crippen MR) is 157 cm³/mol. The maximum atomic E-state index is 13.3. The summed E-state index contributed by atoms with van der Waals surface area (Å²) in [5.41, 5.74) is 1.05. The molecule has 1 saturated carbocycles. The second-order valence-electron chi connectivity index (χ2n) is 9.52. The van der Waals surface area contributed by atoms with Crippen LogP contribution in [0.3, 0.4) is 0 Å². The van der Waals surface area contributed by atoms with Gasteiger partial charge < -0.3 is 41.3 Å². The number of amides is 5. The highest BCUT2D eigenvalue weighted by Gasteiger charge is 2.65. The average molecular weight is 673 g/mol.